The zero-order chi connectivity index (χ0) is 41.4. The smallest absolute Gasteiger partial charge is 0.164 e. The molecule has 4 heterocycles. The maximum absolute atomic E-state index is 6.20. The van der Waals surface area contributed by atoms with E-state index in [1.807, 2.05) is 60.7 Å². The van der Waals surface area contributed by atoms with E-state index in [0.717, 1.165) is 72.2 Å². The third-order valence-corrected chi connectivity index (χ3v) is 12.3. The molecule has 4 aromatic heterocycles. The summed E-state index contributed by atoms with van der Waals surface area (Å²) in [5.41, 5.74) is 13.3. The van der Waals surface area contributed by atoms with Gasteiger partial charge in [0.05, 0.1) is 22.1 Å². The third-order valence-electron chi connectivity index (χ3n) is 12.3. The SMILES string of the molecule is c1ccc(-c2cc(-c3nc(-c4ccccc4)nc(-c4ccc5oc6ccccc6c5c4)n3)cc(-n3c4ccccc4c4cc(-n5c6ccccc6c6ccccc65)ccc43)c2)cc1. The molecule has 0 aliphatic carbocycles. The molecule has 294 valence electrons. The van der Waals surface area contributed by atoms with Crippen molar-refractivity contribution < 1.29 is 4.42 Å². The van der Waals surface area contributed by atoms with Crippen LogP contribution in [0, 0.1) is 0 Å². The van der Waals surface area contributed by atoms with Crippen molar-refractivity contribution in [2.24, 2.45) is 0 Å². The van der Waals surface area contributed by atoms with Crippen molar-refractivity contribution in [3.63, 3.8) is 0 Å². The number of benzene rings is 9. The van der Waals surface area contributed by atoms with Gasteiger partial charge in [0.2, 0.25) is 0 Å². The van der Waals surface area contributed by atoms with Crippen LogP contribution in [0.4, 0.5) is 0 Å². The van der Waals surface area contributed by atoms with Crippen LogP contribution < -0.4 is 0 Å². The summed E-state index contributed by atoms with van der Waals surface area (Å²) in [5, 5.41) is 6.92. The molecular formula is C57H35N5O. The summed E-state index contributed by atoms with van der Waals surface area (Å²) in [5.74, 6) is 1.78. The molecule has 0 spiro atoms. The zero-order valence-electron chi connectivity index (χ0n) is 33.9. The van der Waals surface area contributed by atoms with Gasteiger partial charge in [-0.05, 0) is 90.0 Å². The highest BCUT2D eigenvalue weighted by Crippen LogP contribution is 2.39. The van der Waals surface area contributed by atoms with Gasteiger partial charge in [0, 0.05) is 60.4 Å². The average Bonchev–Trinajstić information content (AvgIpc) is 4.01. The quantitative estimate of drug-likeness (QED) is 0.168. The molecule has 0 aliphatic rings. The van der Waals surface area contributed by atoms with Gasteiger partial charge in [-0.1, -0.05) is 133 Å². The molecule has 0 unspecified atom stereocenters. The molecule has 6 heteroatoms. The van der Waals surface area contributed by atoms with Gasteiger partial charge in [-0.2, -0.15) is 0 Å². The second kappa shape index (κ2) is 14.0. The van der Waals surface area contributed by atoms with Gasteiger partial charge < -0.3 is 13.6 Å². The summed E-state index contributed by atoms with van der Waals surface area (Å²) in [6.45, 7) is 0. The van der Waals surface area contributed by atoms with Gasteiger partial charge in [0.15, 0.2) is 17.5 Å². The van der Waals surface area contributed by atoms with Gasteiger partial charge in [0.1, 0.15) is 11.2 Å². The molecule has 9 aromatic carbocycles. The van der Waals surface area contributed by atoms with Crippen molar-refractivity contribution in [3.05, 3.63) is 212 Å². The van der Waals surface area contributed by atoms with Crippen LogP contribution in [0.1, 0.15) is 0 Å². The maximum atomic E-state index is 6.20. The van der Waals surface area contributed by atoms with Gasteiger partial charge in [-0.25, -0.2) is 15.0 Å². The van der Waals surface area contributed by atoms with Crippen LogP contribution in [0.3, 0.4) is 0 Å². The van der Waals surface area contributed by atoms with E-state index in [2.05, 4.69) is 161 Å². The van der Waals surface area contributed by atoms with Crippen molar-refractivity contribution in [3.8, 4) is 56.7 Å². The zero-order valence-corrected chi connectivity index (χ0v) is 33.9. The van der Waals surface area contributed by atoms with Crippen LogP contribution in [0.5, 0.6) is 0 Å². The first kappa shape index (κ1) is 35.2. The minimum Gasteiger partial charge on any atom is -0.456 e. The molecule has 13 aromatic rings. The Bertz CT molecular complexity index is 3860. The second-order valence-corrected chi connectivity index (χ2v) is 16.0. The third kappa shape index (κ3) is 5.69. The minimum atomic E-state index is 0.587. The lowest BCUT2D eigenvalue weighted by molar-refractivity contribution is 0.669. The van der Waals surface area contributed by atoms with Crippen LogP contribution >= 0.6 is 0 Å². The lowest BCUT2D eigenvalue weighted by atomic mass is 10.0. The number of nitrogens with zero attached hydrogens (tertiary/aromatic N) is 5. The summed E-state index contributed by atoms with van der Waals surface area (Å²) in [4.78, 5) is 15.6. The number of fused-ring (bicyclic) bond motifs is 9. The van der Waals surface area contributed by atoms with Crippen molar-refractivity contribution in [1.82, 2.24) is 24.1 Å². The summed E-state index contributed by atoms with van der Waals surface area (Å²) < 4.78 is 11.0. The standard InChI is InChI=1S/C57H35N5O/c1-3-15-36(16-4-1)39-31-40(57-59-55(37-17-5-2-6-18-37)58-56(60-57)38-27-30-54-48(34-38)46-22-10-14-26-53(46)63-54)33-42(32-39)62-51-25-13-9-21-45(51)47-35-41(28-29-52(47)62)61-49-23-11-7-19-43(49)44-20-8-12-24-50(44)61/h1-35H. The molecule has 0 atom stereocenters. The van der Waals surface area contributed by atoms with E-state index in [-0.39, 0.29) is 0 Å². The summed E-state index contributed by atoms with van der Waals surface area (Å²) >= 11 is 0. The van der Waals surface area contributed by atoms with Crippen LogP contribution in [-0.2, 0) is 0 Å². The molecular weight excluding hydrogens is 771 g/mol. The Morgan fingerprint density at radius 1 is 0.270 bits per heavy atom. The van der Waals surface area contributed by atoms with Crippen molar-refractivity contribution in [2.45, 2.75) is 0 Å². The van der Waals surface area contributed by atoms with E-state index in [9.17, 15) is 0 Å². The van der Waals surface area contributed by atoms with Gasteiger partial charge in [0.25, 0.3) is 0 Å². The maximum Gasteiger partial charge on any atom is 0.164 e. The predicted molar refractivity (Wildman–Crippen MR) is 258 cm³/mol. The fourth-order valence-electron chi connectivity index (χ4n) is 9.46. The monoisotopic (exact) mass is 805 g/mol. The lowest BCUT2D eigenvalue weighted by Crippen LogP contribution is -2.02. The molecule has 0 aliphatic heterocycles. The van der Waals surface area contributed by atoms with E-state index >= 15 is 0 Å². The highest BCUT2D eigenvalue weighted by atomic mass is 16.3. The first-order valence-corrected chi connectivity index (χ1v) is 21.2. The van der Waals surface area contributed by atoms with Gasteiger partial charge >= 0.3 is 0 Å². The van der Waals surface area contributed by atoms with E-state index in [4.69, 9.17) is 19.4 Å². The molecule has 13 rings (SSSR count). The Morgan fingerprint density at radius 3 is 1.44 bits per heavy atom. The van der Waals surface area contributed by atoms with E-state index < -0.39 is 0 Å². The summed E-state index contributed by atoms with van der Waals surface area (Å²) in [7, 11) is 0. The fourth-order valence-corrected chi connectivity index (χ4v) is 9.46. The van der Waals surface area contributed by atoms with E-state index in [1.54, 1.807) is 0 Å². The number of rotatable bonds is 6. The Labute approximate surface area is 361 Å². The highest BCUT2D eigenvalue weighted by Gasteiger charge is 2.20. The van der Waals surface area contributed by atoms with E-state index in [1.165, 1.54) is 32.6 Å². The molecule has 0 saturated carbocycles. The summed E-state index contributed by atoms with van der Waals surface area (Å²) in [6, 6.07) is 74.6. The largest absolute Gasteiger partial charge is 0.456 e. The van der Waals surface area contributed by atoms with Crippen molar-refractivity contribution in [1.29, 1.82) is 0 Å². The first-order chi connectivity index (χ1) is 31.2. The molecule has 0 amide bonds. The highest BCUT2D eigenvalue weighted by molar-refractivity contribution is 6.12. The van der Waals surface area contributed by atoms with Gasteiger partial charge in [-0.15, -0.1) is 0 Å². The van der Waals surface area contributed by atoms with Crippen LogP contribution in [0.25, 0.3) is 122 Å². The lowest BCUT2D eigenvalue weighted by Gasteiger charge is -2.15. The minimum absolute atomic E-state index is 0.587. The van der Waals surface area contributed by atoms with Crippen molar-refractivity contribution in [2.75, 3.05) is 0 Å². The number of hydrogen-bond donors (Lipinski definition) is 0. The number of para-hydroxylation sites is 4. The molecule has 0 N–H and O–H groups in total. The normalized spacial score (nSPS) is 11.8. The van der Waals surface area contributed by atoms with E-state index in [0.29, 0.717) is 17.5 Å². The molecule has 0 bridgehead atoms. The van der Waals surface area contributed by atoms with Crippen LogP contribution in [-0.4, -0.2) is 24.1 Å². The second-order valence-electron chi connectivity index (χ2n) is 16.0. The number of aromatic nitrogens is 5. The average molecular weight is 806 g/mol. The Balaban J connectivity index is 1.04. The molecule has 0 saturated heterocycles. The topological polar surface area (TPSA) is 61.7 Å². The molecule has 6 nitrogen and oxygen atoms in total. The van der Waals surface area contributed by atoms with Crippen LogP contribution in [0.2, 0.25) is 0 Å². The van der Waals surface area contributed by atoms with Gasteiger partial charge in [-0.3, -0.25) is 0 Å². The fraction of sp³-hybridized carbons (Fsp3) is 0. The summed E-state index contributed by atoms with van der Waals surface area (Å²) in [6.07, 6.45) is 0. The molecule has 0 radical (unpaired) electrons. The number of furan rings is 1. The Morgan fingerprint density at radius 2 is 0.762 bits per heavy atom. The predicted octanol–water partition coefficient (Wildman–Crippen LogP) is 14.6. The number of hydrogen-bond acceptors (Lipinski definition) is 4. The Hall–Kier alpha value is -8.61. The first-order valence-electron chi connectivity index (χ1n) is 21.2. The molecule has 63 heavy (non-hydrogen) atoms. The van der Waals surface area contributed by atoms with Crippen LogP contribution in [0.15, 0.2) is 217 Å². The van der Waals surface area contributed by atoms with Crippen molar-refractivity contribution >= 4 is 65.6 Å². The Kier molecular flexibility index (Phi) is 7.80. The molecule has 0 fully saturated rings.